The molecule has 5 atom stereocenters. The third-order valence-corrected chi connectivity index (χ3v) is 4.63. The third-order valence-electron chi connectivity index (χ3n) is 4.63. The molecule has 12 nitrogen and oxygen atoms in total. The topological polar surface area (TPSA) is 153 Å². The first kappa shape index (κ1) is 26.6. The first-order chi connectivity index (χ1) is 16.0. The first-order valence-electron chi connectivity index (χ1n) is 10.3. The minimum absolute atomic E-state index is 0.218. The molecule has 0 bridgehead atoms. The van der Waals surface area contributed by atoms with E-state index in [0.29, 0.717) is 5.75 Å². The van der Waals surface area contributed by atoms with E-state index in [1.807, 2.05) is 0 Å². The molecule has 1 N–H and O–H groups in total. The van der Waals surface area contributed by atoms with E-state index in [1.54, 1.807) is 12.1 Å². The van der Waals surface area contributed by atoms with Crippen LogP contribution in [-0.2, 0) is 42.9 Å². The van der Waals surface area contributed by atoms with Crippen molar-refractivity contribution in [3.63, 3.8) is 0 Å². The van der Waals surface area contributed by atoms with Gasteiger partial charge in [0.25, 0.3) is 5.91 Å². The summed E-state index contributed by atoms with van der Waals surface area (Å²) < 4.78 is 31.7. The molecular weight excluding hydrogens is 454 g/mol. The number of rotatable bonds is 8. The Bertz CT molecular complexity index is 914. The molecule has 2 rings (SSSR count). The van der Waals surface area contributed by atoms with Crippen LogP contribution in [0.4, 0.5) is 0 Å². The highest BCUT2D eigenvalue weighted by atomic mass is 16.7. The van der Waals surface area contributed by atoms with Crippen LogP contribution in [0.2, 0.25) is 0 Å². The average molecular weight is 481 g/mol. The number of nitrogens with one attached hydrogen (secondary N) is 1. The Morgan fingerprint density at radius 1 is 0.824 bits per heavy atom. The van der Waals surface area contributed by atoms with Crippen molar-refractivity contribution >= 4 is 29.8 Å². The van der Waals surface area contributed by atoms with Gasteiger partial charge in [-0.05, 0) is 24.3 Å². The van der Waals surface area contributed by atoms with Crippen LogP contribution >= 0.6 is 0 Å². The summed E-state index contributed by atoms with van der Waals surface area (Å²) >= 11 is 0. The van der Waals surface area contributed by atoms with Gasteiger partial charge in [-0.1, -0.05) is 0 Å². The highest BCUT2D eigenvalue weighted by molar-refractivity contribution is 5.94. The Morgan fingerprint density at radius 3 is 1.88 bits per heavy atom. The summed E-state index contributed by atoms with van der Waals surface area (Å²) in [6.07, 6.45) is -5.27. The zero-order chi connectivity index (χ0) is 25.4. The number of hydrogen-bond donors (Lipinski definition) is 1. The van der Waals surface area contributed by atoms with E-state index in [9.17, 15) is 24.0 Å². The second-order valence-electron chi connectivity index (χ2n) is 7.33. The second kappa shape index (κ2) is 12.0. The molecule has 1 saturated heterocycles. The lowest BCUT2D eigenvalue weighted by molar-refractivity contribution is -0.270. The lowest BCUT2D eigenvalue weighted by Crippen LogP contribution is -2.67. The van der Waals surface area contributed by atoms with Crippen molar-refractivity contribution in [2.45, 2.75) is 58.3 Å². The van der Waals surface area contributed by atoms with Gasteiger partial charge < -0.3 is 33.7 Å². The monoisotopic (exact) mass is 481 g/mol. The largest absolute Gasteiger partial charge is 0.497 e. The quantitative estimate of drug-likeness (QED) is 0.408. The SMILES string of the molecule is COc1ccc(C(=O)N[C@@H]2[C@H](OC(C)=O)O[C@@H](COC(C)=O)[C@@H](OC(C)=O)[C@@H]2OC(C)=O)cc1. The van der Waals surface area contributed by atoms with E-state index in [4.69, 9.17) is 28.4 Å². The fourth-order valence-corrected chi connectivity index (χ4v) is 3.30. The van der Waals surface area contributed by atoms with Gasteiger partial charge in [0.15, 0.2) is 12.2 Å². The van der Waals surface area contributed by atoms with E-state index in [0.717, 1.165) is 27.7 Å². The molecule has 0 aromatic heterocycles. The van der Waals surface area contributed by atoms with Gasteiger partial charge in [-0.15, -0.1) is 0 Å². The zero-order valence-corrected chi connectivity index (χ0v) is 19.4. The van der Waals surface area contributed by atoms with E-state index in [1.165, 1.54) is 19.2 Å². The van der Waals surface area contributed by atoms with E-state index in [2.05, 4.69) is 5.32 Å². The summed E-state index contributed by atoms with van der Waals surface area (Å²) in [7, 11) is 1.48. The summed E-state index contributed by atoms with van der Waals surface area (Å²) in [5.41, 5.74) is 0.218. The highest BCUT2D eigenvalue weighted by Crippen LogP contribution is 2.28. The Morgan fingerprint density at radius 2 is 1.38 bits per heavy atom. The highest BCUT2D eigenvalue weighted by Gasteiger charge is 2.52. The fourth-order valence-electron chi connectivity index (χ4n) is 3.30. The summed E-state index contributed by atoms with van der Waals surface area (Å²) in [6.45, 7) is 4.11. The van der Waals surface area contributed by atoms with Gasteiger partial charge in [-0.3, -0.25) is 24.0 Å². The van der Waals surface area contributed by atoms with Crippen LogP contribution in [0, 0.1) is 0 Å². The Hall–Kier alpha value is -3.67. The molecule has 34 heavy (non-hydrogen) atoms. The molecule has 0 spiro atoms. The van der Waals surface area contributed by atoms with Crippen molar-refractivity contribution in [1.29, 1.82) is 0 Å². The number of esters is 4. The molecular formula is C22H27NO11. The predicted octanol–water partition coefficient (Wildman–Crippen LogP) is 0.508. The lowest BCUT2D eigenvalue weighted by Gasteiger charge is -2.44. The average Bonchev–Trinajstić information content (AvgIpc) is 2.75. The molecule has 1 aromatic carbocycles. The van der Waals surface area contributed by atoms with Gasteiger partial charge in [-0.25, -0.2) is 0 Å². The van der Waals surface area contributed by atoms with Crippen molar-refractivity contribution in [3.8, 4) is 5.75 Å². The van der Waals surface area contributed by atoms with Crippen LogP contribution in [0.5, 0.6) is 5.75 Å². The van der Waals surface area contributed by atoms with Crippen LogP contribution in [0.3, 0.4) is 0 Å². The molecule has 0 unspecified atom stereocenters. The summed E-state index contributed by atoms with van der Waals surface area (Å²) in [5, 5.41) is 2.61. The first-order valence-corrected chi connectivity index (χ1v) is 10.3. The normalized spacial score (nSPS) is 23.7. The van der Waals surface area contributed by atoms with Gasteiger partial charge in [0.1, 0.15) is 24.5 Å². The van der Waals surface area contributed by atoms with E-state index >= 15 is 0 Å². The molecule has 12 heteroatoms. The number of methoxy groups -OCH3 is 1. The maximum atomic E-state index is 12.9. The molecule has 1 aliphatic heterocycles. The maximum absolute atomic E-state index is 12.9. The molecule has 1 amide bonds. The van der Waals surface area contributed by atoms with Crippen LogP contribution in [0.15, 0.2) is 24.3 Å². The van der Waals surface area contributed by atoms with Crippen LogP contribution < -0.4 is 10.1 Å². The lowest BCUT2D eigenvalue weighted by atomic mass is 9.95. The van der Waals surface area contributed by atoms with E-state index < -0.39 is 67.0 Å². The van der Waals surface area contributed by atoms with Crippen molar-refractivity contribution in [1.82, 2.24) is 5.32 Å². The van der Waals surface area contributed by atoms with Crippen molar-refractivity contribution in [2.24, 2.45) is 0 Å². The molecule has 1 aromatic rings. The molecule has 1 aliphatic rings. The smallest absolute Gasteiger partial charge is 0.305 e. The van der Waals surface area contributed by atoms with Gasteiger partial charge in [0, 0.05) is 33.3 Å². The molecule has 0 radical (unpaired) electrons. The minimum atomic E-state index is -1.46. The number of benzene rings is 1. The summed E-state index contributed by atoms with van der Waals surface area (Å²) in [5.74, 6) is -3.01. The second-order valence-corrected chi connectivity index (χ2v) is 7.33. The number of carbonyl (C=O) groups is 5. The molecule has 0 aliphatic carbocycles. The molecule has 186 valence electrons. The zero-order valence-electron chi connectivity index (χ0n) is 19.4. The number of amides is 1. The molecule has 1 heterocycles. The Balaban J connectivity index is 2.43. The fraction of sp³-hybridized carbons (Fsp3) is 0.500. The van der Waals surface area contributed by atoms with Crippen LogP contribution in [0.25, 0.3) is 0 Å². The van der Waals surface area contributed by atoms with Crippen LogP contribution in [-0.4, -0.2) is 74.1 Å². The van der Waals surface area contributed by atoms with Gasteiger partial charge in [0.2, 0.25) is 6.29 Å². The molecule has 1 fully saturated rings. The van der Waals surface area contributed by atoms with Gasteiger partial charge in [0.05, 0.1) is 7.11 Å². The minimum Gasteiger partial charge on any atom is -0.497 e. The van der Waals surface area contributed by atoms with Gasteiger partial charge in [-0.2, -0.15) is 0 Å². The summed E-state index contributed by atoms with van der Waals surface area (Å²) in [6, 6.07) is 4.84. The number of carbonyl (C=O) groups excluding carboxylic acids is 5. The van der Waals surface area contributed by atoms with Crippen molar-refractivity contribution in [2.75, 3.05) is 13.7 Å². The maximum Gasteiger partial charge on any atom is 0.305 e. The number of ether oxygens (including phenoxy) is 6. The number of hydrogen-bond acceptors (Lipinski definition) is 11. The van der Waals surface area contributed by atoms with Crippen molar-refractivity contribution < 1.29 is 52.4 Å². The standard InChI is InChI=1S/C22H27NO11/c1-11(24)30-10-17-19(31-12(2)25)20(32-13(3)26)18(22(34-17)33-14(4)27)23-21(28)15-6-8-16(29-5)9-7-15/h6-9,17-20,22H,10H2,1-5H3,(H,23,28)/t17-,18-,19+,20+,22+/m0/s1. The summed E-state index contributed by atoms with van der Waals surface area (Å²) in [4.78, 5) is 59.7. The van der Waals surface area contributed by atoms with E-state index in [-0.39, 0.29) is 5.56 Å². The third kappa shape index (κ3) is 7.44. The van der Waals surface area contributed by atoms with Crippen molar-refractivity contribution in [3.05, 3.63) is 29.8 Å². The predicted molar refractivity (Wildman–Crippen MR) is 112 cm³/mol. The Kier molecular flexibility index (Phi) is 9.36. The van der Waals surface area contributed by atoms with Crippen LogP contribution in [0.1, 0.15) is 38.1 Å². The van der Waals surface area contributed by atoms with Gasteiger partial charge >= 0.3 is 23.9 Å². The Labute approximate surface area is 195 Å². The molecule has 0 saturated carbocycles.